The Bertz CT molecular complexity index is 439. The fourth-order valence-corrected chi connectivity index (χ4v) is 2.51. The van der Waals surface area contributed by atoms with E-state index in [0.717, 1.165) is 11.0 Å². The Labute approximate surface area is 111 Å². The Hall–Kier alpha value is -1.30. The maximum Gasteiger partial charge on any atom is 0.230 e. The molecular weight excluding hydrogens is 248 g/mol. The molecule has 0 aliphatic heterocycles. The highest BCUT2D eigenvalue weighted by molar-refractivity contribution is 7.99. The van der Waals surface area contributed by atoms with Crippen LogP contribution in [0.5, 0.6) is 0 Å². The van der Waals surface area contributed by atoms with E-state index in [1.165, 1.54) is 24.6 Å². The van der Waals surface area contributed by atoms with Crippen LogP contribution < -0.4 is 5.32 Å². The number of hydrogen-bond donors (Lipinski definition) is 1. The molecular formula is C12H18N4OS. The molecule has 1 aromatic heterocycles. The van der Waals surface area contributed by atoms with Crippen molar-refractivity contribution in [2.75, 3.05) is 12.3 Å². The summed E-state index contributed by atoms with van der Waals surface area (Å²) in [5, 5.41) is 12.0. The van der Waals surface area contributed by atoms with Crippen LogP contribution in [0.25, 0.3) is 0 Å². The SMILES string of the molecule is C=CCn1c(SCC(=O)NCC)nnc1C1CC1. The van der Waals surface area contributed by atoms with Gasteiger partial charge in [0.2, 0.25) is 5.91 Å². The number of nitrogens with zero attached hydrogens (tertiary/aromatic N) is 3. The molecule has 5 nitrogen and oxygen atoms in total. The fraction of sp³-hybridized carbons (Fsp3) is 0.583. The number of allylic oxidation sites excluding steroid dienone is 1. The van der Waals surface area contributed by atoms with E-state index in [1.54, 1.807) is 0 Å². The second-order valence-corrected chi connectivity index (χ2v) is 5.20. The van der Waals surface area contributed by atoms with Gasteiger partial charge in [-0.05, 0) is 19.8 Å². The highest BCUT2D eigenvalue weighted by Gasteiger charge is 2.30. The topological polar surface area (TPSA) is 59.8 Å². The molecule has 1 heterocycles. The Morgan fingerprint density at radius 2 is 2.39 bits per heavy atom. The third kappa shape index (κ3) is 3.13. The summed E-state index contributed by atoms with van der Waals surface area (Å²) in [6.07, 6.45) is 4.22. The summed E-state index contributed by atoms with van der Waals surface area (Å²) < 4.78 is 2.06. The van der Waals surface area contributed by atoms with Gasteiger partial charge in [-0.3, -0.25) is 4.79 Å². The summed E-state index contributed by atoms with van der Waals surface area (Å²) in [7, 11) is 0. The van der Waals surface area contributed by atoms with Gasteiger partial charge in [-0.15, -0.1) is 16.8 Å². The molecule has 1 aromatic rings. The van der Waals surface area contributed by atoms with E-state index in [1.807, 2.05) is 13.0 Å². The predicted molar refractivity (Wildman–Crippen MR) is 71.6 cm³/mol. The number of amides is 1. The molecule has 1 aliphatic rings. The van der Waals surface area contributed by atoms with Gasteiger partial charge in [0.1, 0.15) is 5.82 Å². The van der Waals surface area contributed by atoms with Crippen molar-refractivity contribution in [1.82, 2.24) is 20.1 Å². The Kier molecular flexibility index (Phi) is 4.41. The van der Waals surface area contributed by atoms with Crippen LogP contribution in [0.2, 0.25) is 0 Å². The Balaban J connectivity index is 2.02. The van der Waals surface area contributed by atoms with Gasteiger partial charge in [0, 0.05) is 19.0 Å². The average molecular weight is 266 g/mol. The zero-order chi connectivity index (χ0) is 13.0. The number of thioether (sulfide) groups is 1. The minimum Gasteiger partial charge on any atom is -0.356 e. The first kappa shape index (κ1) is 13.1. The molecule has 1 amide bonds. The lowest BCUT2D eigenvalue weighted by Gasteiger charge is -2.06. The van der Waals surface area contributed by atoms with Crippen molar-refractivity contribution < 1.29 is 4.79 Å². The summed E-state index contributed by atoms with van der Waals surface area (Å²) in [6.45, 7) is 7.03. The van der Waals surface area contributed by atoms with Gasteiger partial charge in [-0.25, -0.2) is 0 Å². The lowest BCUT2D eigenvalue weighted by Crippen LogP contribution is -2.24. The van der Waals surface area contributed by atoms with Crippen LogP contribution >= 0.6 is 11.8 Å². The summed E-state index contributed by atoms with van der Waals surface area (Å²) in [5.41, 5.74) is 0. The lowest BCUT2D eigenvalue weighted by molar-refractivity contribution is -0.118. The summed E-state index contributed by atoms with van der Waals surface area (Å²) in [5.74, 6) is 2.00. The molecule has 0 saturated heterocycles. The molecule has 0 unspecified atom stereocenters. The molecule has 1 saturated carbocycles. The van der Waals surface area contributed by atoms with Crippen molar-refractivity contribution in [3.63, 3.8) is 0 Å². The number of nitrogens with one attached hydrogen (secondary N) is 1. The lowest BCUT2D eigenvalue weighted by atomic mass is 10.4. The highest BCUT2D eigenvalue weighted by atomic mass is 32.2. The fourth-order valence-electron chi connectivity index (χ4n) is 1.73. The van der Waals surface area contributed by atoms with E-state index in [-0.39, 0.29) is 5.91 Å². The van der Waals surface area contributed by atoms with Crippen LogP contribution in [-0.2, 0) is 11.3 Å². The van der Waals surface area contributed by atoms with Crippen LogP contribution in [0.3, 0.4) is 0 Å². The van der Waals surface area contributed by atoms with E-state index in [9.17, 15) is 4.79 Å². The van der Waals surface area contributed by atoms with Crippen molar-refractivity contribution in [2.24, 2.45) is 0 Å². The second kappa shape index (κ2) is 6.04. The smallest absolute Gasteiger partial charge is 0.230 e. The van der Waals surface area contributed by atoms with E-state index in [2.05, 4.69) is 26.7 Å². The number of carbonyl (C=O) groups excluding carboxylic acids is 1. The molecule has 0 spiro atoms. The van der Waals surface area contributed by atoms with E-state index in [4.69, 9.17) is 0 Å². The van der Waals surface area contributed by atoms with Crippen molar-refractivity contribution in [3.05, 3.63) is 18.5 Å². The molecule has 2 rings (SSSR count). The van der Waals surface area contributed by atoms with Gasteiger partial charge < -0.3 is 9.88 Å². The van der Waals surface area contributed by atoms with Crippen LogP contribution in [0.1, 0.15) is 31.5 Å². The molecule has 18 heavy (non-hydrogen) atoms. The largest absolute Gasteiger partial charge is 0.356 e. The molecule has 0 bridgehead atoms. The first-order valence-corrected chi connectivity index (χ1v) is 7.18. The third-order valence-electron chi connectivity index (χ3n) is 2.71. The summed E-state index contributed by atoms with van der Waals surface area (Å²) >= 11 is 1.43. The van der Waals surface area contributed by atoms with Crippen molar-refractivity contribution in [3.8, 4) is 0 Å². The third-order valence-corrected chi connectivity index (χ3v) is 3.67. The molecule has 1 aliphatic carbocycles. The molecule has 1 N–H and O–H groups in total. The molecule has 0 radical (unpaired) electrons. The first-order chi connectivity index (χ1) is 8.76. The maximum absolute atomic E-state index is 11.4. The molecule has 0 atom stereocenters. The summed E-state index contributed by atoms with van der Waals surface area (Å²) in [4.78, 5) is 11.4. The maximum atomic E-state index is 11.4. The minimum absolute atomic E-state index is 0.0311. The highest BCUT2D eigenvalue weighted by Crippen LogP contribution is 2.39. The standard InChI is InChI=1S/C12H18N4OS/c1-3-7-16-11(9-5-6-9)14-15-12(16)18-8-10(17)13-4-2/h3,9H,1,4-8H2,2H3,(H,13,17). The van der Waals surface area contributed by atoms with Gasteiger partial charge in [0.05, 0.1) is 5.75 Å². The van der Waals surface area contributed by atoms with Gasteiger partial charge >= 0.3 is 0 Å². The first-order valence-electron chi connectivity index (χ1n) is 6.19. The van der Waals surface area contributed by atoms with Crippen LogP contribution in [0.15, 0.2) is 17.8 Å². The average Bonchev–Trinajstić information content (AvgIpc) is 3.11. The Morgan fingerprint density at radius 3 is 3.00 bits per heavy atom. The van der Waals surface area contributed by atoms with Crippen molar-refractivity contribution in [2.45, 2.75) is 37.4 Å². The predicted octanol–water partition coefficient (Wildman–Crippen LogP) is 1.57. The van der Waals surface area contributed by atoms with Crippen LogP contribution in [0, 0.1) is 0 Å². The number of hydrogen-bond acceptors (Lipinski definition) is 4. The second-order valence-electron chi connectivity index (χ2n) is 4.26. The number of carbonyl (C=O) groups is 1. The number of aromatic nitrogens is 3. The van der Waals surface area contributed by atoms with Crippen molar-refractivity contribution >= 4 is 17.7 Å². The zero-order valence-corrected chi connectivity index (χ0v) is 11.4. The molecule has 6 heteroatoms. The Morgan fingerprint density at radius 1 is 1.61 bits per heavy atom. The quantitative estimate of drug-likeness (QED) is 0.601. The molecule has 1 fully saturated rings. The van der Waals surface area contributed by atoms with Crippen LogP contribution in [-0.4, -0.2) is 33.0 Å². The van der Waals surface area contributed by atoms with E-state index < -0.39 is 0 Å². The molecule has 98 valence electrons. The van der Waals surface area contributed by atoms with E-state index >= 15 is 0 Å². The summed E-state index contributed by atoms with van der Waals surface area (Å²) in [6, 6.07) is 0. The molecule has 0 aromatic carbocycles. The van der Waals surface area contributed by atoms with E-state index in [0.29, 0.717) is 24.8 Å². The van der Waals surface area contributed by atoms with Gasteiger partial charge in [0.25, 0.3) is 0 Å². The van der Waals surface area contributed by atoms with Gasteiger partial charge in [-0.1, -0.05) is 17.8 Å². The van der Waals surface area contributed by atoms with Gasteiger partial charge in [-0.2, -0.15) is 0 Å². The van der Waals surface area contributed by atoms with Crippen LogP contribution in [0.4, 0.5) is 0 Å². The zero-order valence-electron chi connectivity index (χ0n) is 10.6. The van der Waals surface area contributed by atoms with Crippen molar-refractivity contribution in [1.29, 1.82) is 0 Å². The minimum atomic E-state index is 0.0311. The normalized spacial score (nSPS) is 14.5. The monoisotopic (exact) mass is 266 g/mol. The van der Waals surface area contributed by atoms with Gasteiger partial charge in [0.15, 0.2) is 5.16 Å². The number of rotatable bonds is 7.